The summed E-state index contributed by atoms with van der Waals surface area (Å²) in [7, 11) is -2.69. The lowest BCUT2D eigenvalue weighted by Gasteiger charge is -2.09. The Balaban J connectivity index is 2.19. The maximum Gasteiger partial charge on any atom is 0.232 e. The van der Waals surface area contributed by atoms with E-state index in [0.29, 0.717) is 33.6 Å². The summed E-state index contributed by atoms with van der Waals surface area (Å²) in [6.45, 7) is 4.14. The van der Waals surface area contributed by atoms with E-state index in [-0.39, 0.29) is 0 Å². The molecule has 0 fully saturated rings. The van der Waals surface area contributed by atoms with Gasteiger partial charge in [-0.3, -0.25) is 0 Å². The molecule has 0 saturated carbocycles. The Labute approximate surface area is 138 Å². The lowest BCUT2D eigenvalue weighted by Crippen LogP contribution is -2.03. The Bertz CT molecular complexity index is 748. The average Bonchev–Trinajstić information content (AvgIpc) is 2.51. The number of benzene rings is 1. The molecule has 0 spiro atoms. The third kappa shape index (κ3) is 3.95. The molecule has 22 heavy (non-hydrogen) atoms. The molecule has 2 rings (SSSR count). The van der Waals surface area contributed by atoms with Crippen molar-refractivity contribution in [3.63, 3.8) is 0 Å². The highest BCUT2D eigenvalue weighted by Gasteiger charge is 2.09. The van der Waals surface area contributed by atoms with Crippen LogP contribution in [0.4, 0.5) is 11.6 Å². The first-order valence-corrected chi connectivity index (χ1v) is 9.27. The Morgan fingerprint density at radius 3 is 2.59 bits per heavy atom. The third-order valence-corrected chi connectivity index (χ3v) is 5.28. The predicted octanol–water partition coefficient (Wildman–Crippen LogP) is 3.81. The van der Waals surface area contributed by atoms with E-state index < -0.39 is 9.73 Å². The summed E-state index contributed by atoms with van der Waals surface area (Å²) < 4.78 is 25.8. The lowest BCUT2D eigenvalue weighted by atomic mass is 10.3. The number of nitrogens with zero attached hydrogens (tertiary/aromatic N) is 2. The van der Waals surface area contributed by atoms with E-state index in [1.807, 2.05) is 6.92 Å². The number of ether oxygens (including phenoxy) is 1. The Morgan fingerprint density at radius 2 is 2.00 bits per heavy atom. The summed E-state index contributed by atoms with van der Waals surface area (Å²) in [6.07, 6.45) is 1.61. The minimum absolute atomic E-state index is 0.299. The number of hydrogen-bond acceptors (Lipinski definition) is 6. The molecule has 1 atom stereocenters. The number of nitrogens with one attached hydrogen (secondary N) is 2. The minimum atomic E-state index is -2.69. The van der Waals surface area contributed by atoms with Gasteiger partial charge < -0.3 is 10.1 Å². The zero-order chi connectivity index (χ0) is 16.2. The van der Waals surface area contributed by atoms with E-state index in [0.717, 1.165) is 5.69 Å². The number of halogens is 1. The molecule has 0 aliphatic carbocycles. The second-order valence-corrected chi connectivity index (χ2v) is 7.65. The summed E-state index contributed by atoms with van der Waals surface area (Å²) in [6, 6.07) is 6.88. The Kier molecular flexibility index (Phi) is 5.36. The van der Waals surface area contributed by atoms with Crippen molar-refractivity contribution in [1.82, 2.24) is 9.97 Å². The maximum atomic E-state index is 12.0. The van der Waals surface area contributed by atoms with Gasteiger partial charge in [-0.25, -0.2) is 14.0 Å². The first-order chi connectivity index (χ1) is 10.5. The monoisotopic (exact) mass is 384 g/mol. The molecule has 1 aromatic heterocycles. The number of hydrogen-bond donors (Lipinski definition) is 2. The molecule has 118 valence electrons. The second kappa shape index (κ2) is 7.06. The standard InChI is InChI=1S/C14H17BrN4O2S/c1-3-21-13-12(15)9-17-14(19-13)18-10-5-7-11(8-6-10)22(16,20)4-2/h5-9,16H,3-4H2,1-2H3,(H,17,18,19). The van der Waals surface area contributed by atoms with E-state index in [1.165, 1.54) is 0 Å². The van der Waals surface area contributed by atoms with Crippen LogP contribution in [-0.4, -0.2) is 26.5 Å². The van der Waals surface area contributed by atoms with Gasteiger partial charge in [0.15, 0.2) is 0 Å². The van der Waals surface area contributed by atoms with Crippen LogP contribution in [0.1, 0.15) is 13.8 Å². The average molecular weight is 385 g/mol. The van der Waals surface area contributed by atoms with Crippen molar-refractivity contribution in [2.24, 2.45) is 0 Å². The van der Waals surface area contributed by atoms with E-state index in [9.17, 15) is 4.21 Å². The first-order valence-electron chi connectivity index (χ1n) is 6.75. The molecule has 6 nitrogen and oxygen atoms in total. The van der Waals surface area contributed by atoms with Crippen molar-refractivity contribution < 1.29 is 8.95 Å². The third-order valence-electron chi connectivity index (χ3n) is 2.89. The van der Waals surface area contributed by atoms with Crippen LogP contribution in [-0.2, 0) is 9.73 Å². The molecule has 8 heteroatoms. The number of aromatic nitrogens is 2. The van der Waals surface area contributed by atoms with Crippen LogP contribution in [0.5, 0.6) is 5.88 Å². The lowest BCUT2D eigenvalue weighted by molar-refractivity contribution is 0.324. The van der Waals surface area contributed by atoms with Gasteiger partial charge in [-0.1, -0.05) is 6.92 Å². The molecule has 1 unspecified atom stereocenters. The van der Waals surface area contributed by atoms with Gasteiger partial charge in [0.2, 0.25) is 11.8 Å². The van der Waals surface area contributed by atoms with E-state index >= 15 is 0 Å². The van der Waals surface area contributed by atoms with Crippen molar-refractivity contribution in [2.75, 3.05) is 17.7 Å². The van der Waals surface area contributed by atoms with Gasteiger partial charge in [0, 0.05) is 16.3 Å². The fraction of sp³-hybridized carbons (Fsp3) is 0.286. The van der Waals surface area contributed by atoms with Crippen LogP contribution in [0.15, 0.2) is 39.8 Å². The second-order valence-electron chi connectivity index (χ2n) is 4.39. The summed E-state index contributed by atoms with van der Waals surface area (Å²) in [5, 5.41) is 3.05. The predicted molar refractivity (Wildman–Crippen MR) is 90.3 cm³/mol. The summed E-state index contributed by atoms with van der Waals surface area (Å²) in [4.78, 5) is 8.94. The van der Waals surface area contributed by atoms with E-state index in [2.05, 4.69) is 31.2 Å². The molecule has 0 amide bonds. The smallest absolute Gasteiger partial charge is 0.232 e. The molecule has 1 aromatic carbocycles. The van der Waals surface area contributed by atoms with Crippen LogP contribution in [0.2, 0.25) is 0 Å². The highest BCUT2D eigenvalue weighted by molar-refractivity contribution is 9.10. The van der Waals surface area contributed by atoms with Crippen LogP contribution in [0.3, 0.4) is 0 Å². The molecule has 1 heterocycles. The number of rotatable bonds is 6. The maximum absolute atomic E-state index is 12.0. The Hall–Kier alpha value is -1.67. The molecule has 0 aliphatic rings. The molecule has 0 aliphatic heterocycles. The topological polar surface area (TPSA) is 88.0 Å². The van der Waals surface area contributed by atoms with Gasteiger partial charge in [-0.2, -0.15) is 4.98 Å². The van der Waals surface area contributed by atoms with Gasteiger partial charge in [0.1, 0.15) is 0 Å². The summed E-state index contributed by atoms with van der Waals surface area (Å²) in [5.41, 5.74) is 0.750. The van der Waals surface area contributed by atoms with Gasteiger partial charge in [-0.05, 0) is 47.1 Å². The van der Waals surface area contributed by atoms with Crippen molar-refractivity contribution in [1.29, 1.82) is 4.78 Å². The highest BCUT2D eigenvalue weighted by Crippen LogP contribution is 2.24. The molecular formula is C14H17BrN4O2S. The molecule has 0 saturated heterocycles. The van der Waals surface area contributed by atoms with Crippen LogP contribution < -0.4 is 10.1 Å². The van der Waals surface area contributed by atoms with E-state index in [4.69, 9.17) is 9.52 Å². The molecule has 0 bridgehead atoms. The fourth-order valence-corrected chi connectivity index (χ4v) is 2.92. The minimum Gasteiger partial charge on any atom is -0.477 e. The zero-order valence-corrected chi connectivity index (χ0v) is 14.7. The molecule has 0 radical (unpaired) electrons. The van der Waals surface area contributed by atoms with Crippen molar-refractivity contribution >= 4 is 37.3 Å². The van der Waals surface area contributed by atoms with Crippen LogP contribution in [0.25, 0.3) is 0 Å². The summed E-state index contributed by atoms with van der Waals surface area (Å²) in [5.74, 6) is 1.17. The van der Waals surface area contributed by atoms with Crippen molar-refractivity contribution in [2.45, 2.75) is 18.7 Å². The molecule has 2 N–H and O–H groups in total. The van der Waals surface area contributed by atoms with Crippen LogP contribution in [0, 0.1) is 4.78 Å². The van der Waals surface area contributed by atoms with Crippen molar-refractivity contribution in [3.8, 4) is 5.88 Å². The first kappa shape index (κ1) is 16.7. The van der Waals surface area contributed by atoms with Gasteiger partial charge in [-0.15, -0.1) is 0 Å². The number of anilines is 2. The largest absolute Gasteiger partial charge is 0.477 e. The normalized spacial score (nSPS) is 13.4. The van der Waals surface area contributed by atoms with E-state index in [1.54, 1.807) is 37.4 Å². The fourth-order valence-electron chi connectivity index (χ4n) is 1.70. The van der Waals surface area contributed by atoms with Crippen LogP contribution >= 0.6 is 15.9 Å². The SMILES string of the molecule is CCOc1nc(Nc2ccc(S(=N)(=O)CC)cc2)ncc1Br. The molecular weight excluding hydrogens is 368 g/mol. The van der Waals surface area contributed by atoms with Gasteiger partial charge in [0.25, 0.3) is 0 Å². The quantitative estimate of drug-likeness (QED) is 0.790. The Morgan fingerprint density at radius 1 is 1.32 bits per heavy atom. The van der Waals surface area contributed by atoms with Crippen molar-refractivity contribution in [3.05, 3.63) is 34.9 Å². The molecule has 2 aromatic rings. The van der Waals surface area contributed by atoms with Gasteiger partial charge in [0.05, 0.1) is 27.0 Å². The highest BCUT2D eigenvalue weighted by atomic mass is 79.9. The summed E-state index contributed by atoms with van der Waals surface area (Å²) >= 11 is 3.33. The zero-order valence-electron chi connectivity index (χ0n) is 12.3. The van der Waals surface area contributed by atoms with Gasteiger partial charge >= 0.3 is 0 Å².